The molecule has 3 amide bonds. The molecular formula is C18H32N4O6S. The minimum Gasteiger partial charge on any atom is -0.480 e. The van der Waals surface area contributed by atoms with Gasteiger partial charge in [-0.1, -0.05) is 20.3 Å². The third-order valence-corrected chi connectivity index (χ3v) is 5.40. The Hall–Kier alpha value is -1.85. The van der Waals surface area contributed by atoms with Gasteiger partial charge in [0.1, 0.15) is 18.1 Å². The molecule has 6 atom stereocenters. The third kappa shape index (κ3) is 7.48. The molecule has 166 valence electrons. The highest BCUT2D eigenvalue weighted by atomic mass is 32.1. The largest absolute Gasteiger partial charge is 0.480 e. The van der Waals surface area contributed by atoms with Crippen molar-refractivity contribution >= 4 is 36.3 Å². The van der Waals surface area contributed by atoms with Gasteiger partial charge in [-0.3, -0.25) is 14.4 Å². The zero-order valence-corrected chi connectivity index (χ0v) is 17.9. The molecule has 10 nitrogen and oxygen atoms in total. The van der Waals surface area contributed by atoms with Gasteiger partial charge in [0, 0.05) is 5.75 Å². The molecule has 0 bridgehead atoms. The number of amides is 3. The number of aliphatic carboxylic acids is 1. The molecule has 1 aliphatic heterocycles. The molecule has 6 unspecified atom stereocenters. The van der Waals surface area contributed by atoms with Gasteiger partial charge in [0.2, 0.25) is 17.7 Å². The summed E-state index contributed by atoms with van der Waals surface area (Å²) >= 11 is 4.08. The average Bonchev–Trinajstić information content (AvgIpc) is 3.21. The lowest BCUT2D eigenvalue weighted by Crippen LogP contribution is -2.60. The van der Waals surface area contributed by atoms with Crippen LogP contribution in [0.15, 0.2) is 0 Å². The quantitative estimate of drug-likeness (QED) is 0.199. The highest BCUT2D eigenvalue weighted by molar-refractivity contribution is 7.80. The van der Waals surface area contributed by atoms with Gasteiger partial charge in [0.25, 0.3) is 0 Å². The monoisotopic (exact) mass is 432 g/mol. The molecule has 11 heteroatoms. The molecule has 0 saturated carbocycles. The first-order valence-corrected chi connectivity index (χ1v) is 10.4. The van der Waals surface area contributed by atoms with E-state index in [0.717, 1.165) is 13.0 Å². The van der Waals surface area contributed by atoms with Crippen molar-refractivity contribution in [2.75, 3.05) is 12.3 Å². The van der Waals surface area contributed by atoms with E-state index in [1.54, 1.807) is 13.8 Å². The Labute approximate surface area is 176 Å². The second-order valence-electron chi connectivity index (χ2n) is 7.33. The molecule has 29 heavy (non-hydrogen) atoms. The first kappa shape index (κ1) is 25.2. The summed E-state index contributed by atoms with van der Waals surface area (Å²) in [5.41, 5.74) is 0. The van der Waals surface area contributed by atoms with Gasteiger partial charge in [-0.15, -0.1) is 0 Å². The van der Waals surface area contributed by atoms with Gasteiger partial charge in [-0.05, 0) is 32.2 Å². The number of hydrogen-bond acceptors (Lipinski definition) is 7. The van der Waals surface area contributed by atoms with Crippen LogP contribution in [0.4, 0.5) is 0 Å². The smallest absolute Gasteiger partial charge is 0.326 e. The van der Waals surface area contributed by atoms with Gasteiger partial charge in [-0.2, -0.15) is 12.6 Å². The van der Waals surface area contributed by atoms with Crippen LogP contribution in [0.1, 0.15) is 40.0 Å². The summed E-state index contributed by atoms with van der Waals surface area (Å²) < 4.78 is 0. The number of nitrogens with one attached hydrogen (secondary N) is 4. The molecule has 1 aliphatic rings. The Bertz CT molecular complexity index is 597. The van der Waals surface area contributed by atoms with Crippen LogP contribution in [0.25, 0.3) is 0 Å². The Morgan fingerprint density at radius 2 is 1.72 bits per heavy atom. The lowest BCUT2D eigenvalue weighted by atomic mass is 9.98. The Morgan fingerprint density at radius 3 is 2.17 bits per heavy atom. The van der Waals surface area contributed by atoms with Crippen molar-refractivity contribution in [3.8, 4) is 0 Å². The van der Waals surface area contributed by atoms with Crippen molar-refractivity contribution in [2.45, 2.75) is 70.3 Å². The zero-order chi connectivity index (χ0) is 22.1. The highest BCUT2D eigenvalue weighted by Gasteiger charge is 2.34. The van der Waals surface area contributed by atoms with Gasteiger partial charge in [0.05, 0.1) is 12.1 Å². The normalized spacial score (nSPS) is 21.3. The van der Waals surface area contributed by atoms with Crippen LogP contribution in [0.3, 0.4) is 0 Å². The summed E-state index contributed by atoms with van der Waals surface area (Å²) in [6, 6.07) is -3.92. The summed E-state index contributed by atoms with van der Waals surface area (Å²) in [6.07, 6.45) is 0.767. The predicted octanol–water partition coefficient (Wildman–Crippen LogP) is -1.37. The summed E-state index contributed by atoms with van der Waals surface area (Å²) in [6.45, 7) is 5.50. The summed E-state index contributed by atoms with van der Waals surface area (Å²) in [4.78, 5) is 48.7. The van der Waals surface area contributed by atoms with Crippen LogP contribution in [0.5, 0.6) is 0 Å². The molecule has 6 N–H and O–H groups in total. The number of rotatable bonds is 11. The van der Waals surface area contributed by atoms with Crippen LogP contribution >= 0.6 is 12.6 Å². The zero-order valence-electron chi connectivity index (χ0n) is 17.0. The van der Waals surface area contributed by atoms with Crippen molar-refractivity contribution in [3.05, 3.63) is 0 Å². The summed E-state index contributed by atoms with van der Waals surface area (Å²) in [5.74, 6) is -3.40. The first-order chi connectivity index (χ1) is 13.6. The third-order valence-electron chi connectivity index (χ3n) is 5.03. The number of aliphatic hydroxyl groups is 1. The molecule has 0 aliphatic carbocycles. The molecule has 0 aromatic heterocycles. The van der Waals surface area contributed by atoms with E-state index in [9.17, 15) is 29.4 Å². The maximum Gasteiger partial charge on any atom is 0.326 e. The fourth-order valence-corrected chi connectivity index (χ4v) is 3.22. The number of carbonyl (C=O) groups is 4. The minimum absolute atomic E-state index is 0.0109. The van der Waals surface area contributed by atoms with E-state index in [4.69, 9.17) is 0 Å². The predicted molar refractivity (Wildman–Crippen MR) is 109 cm³/mol. The fourth-order valence-electron chi connectivity index (χ4n) is 2.96. The summed E-state index contributed by atoms with van der Waals surface area (Å²) in [5, 5.41) is 29.6. The van der Waals surface area contributed by atoms with E-state index < -0.39 is 42.0 Å². The number of thiol groups is 1. The maximum atomic E-state index is 12.6. The van der Waals surface area contributed by atoms with Crippen molar-refractivity contribution < 1.29 is 29.4 Å². The van der Waals surface area contributed by atoms with Gasteiger partial charge in [-0.25, -0.2) is 4.79 Å². The number of aliphatic hydroxyl groups excluding tert-OH is 1. The Kier molecular flexibility index (Phi) is 10.4. The van der Waals surface area contributed by atoms with E-state index in [-0.39, 0.29) is 23.6 Å². The van der Waals surface area contributed by atoms with Crippen molar-refractivity contribution in [1.82, 2.24) is 21.3 Å². The molecule has 0 spiro atoms. The highest BCUT2D eigenvalue weighted by Crippen LogP contribution is 2.09. The first-order valence-electron chi connectivity index (χ1n) is 9.78. The molecule has 1 saturated heterocycles. The van der Waals surface area contributed by atoms with Gasteiger partial charge < -0.3 is 31.5 Å². The van der Waals surface area contributed by atoms with E-state index in [2.05, 4.69) is 33.9 Å². The molecule has 0 aromatic rings. The molecule has 0 aromatic carbocycles. The van der Waals surface area contributed by atoms with Crippen LogP contribution in [0, 0.1) is 5.92 Å². The number of carboxylic acids is 1. The SMILES string of the molecule is CCC(C)C(NC(=O)C(NC(=O)C(CS)NC(=O)C1CCCN1)C(C)O)C(=O)O. The van der Waals surface area contributed by atoms with Crippen molar-refractivity contribution in [3.63, 3.8) is 0 Å². The molecule has 0 radical (unpaired) electrons. The molecule has 1 rings (SSSR count). The van der Waals surface area contributed by atoms with Crippen molar-refractivity contribution in [1.29, 1.82) is 0 Å². The standard InChI is InChI=1S/C18H32N4O6S/c1-4-9(2)13(18(27)28)21-17(26)14(10(3)23)22-16(25)12(8-29)20-15(24)11-6-5-7-19-11/h9-14,19,23,29H,4-8H2,1-3H3,(H,20,24)(H,21,26)(H,22,25)(H,27,28). The number of carboxylic acid groups (broad SMARTS) is 1. The van der Waals surface area contributed by atoms with E-state index in [1.807, 2.05) is 0 Å². The fraction of sp³-hybridized carbons (Fsp3) is 0.778. The van der Waals surface area contributed by atoms with Crippen LogP contribution in [0.2, 0.25) is 0 Å². The van der Waals surface area contributed by atoms with E-state index in [0.29, 0.717) is 12.8 Å². The number of hydrogen-bond donors (Lipinski definition) is 7. The lowest BCUT2D eigenvalue weighted by Gasteiger charge is -2.27. The summed E-state index contributed by atoms with van der Waals surface area (Å²) in [7, 11) is 0. The number of carbonyl (C=O) groups excluding carboxylic acids is 3. The molecule has 1 heterocycles. The maximum absolute atomic E-state index is 12.6. The molecule has 1 fully saturated rings. The van der Waals surface area contributed by atoms with Gasteiger partial charge >= 0.3 is 5.97 Å². The average molecular weight is 433 g/mol. The van der Waals surface area contributed by atoms with E-state index in [1.165, 1.54) is 6.92 Å². The van der Waals surface area contributed by atoms with Gasteiger partial charge in [0.15, 0.2) is 0 Å². The van der Waals surface area contributed by atoms with Crippen LogP contribution < -0.4 is 21.3 Å². The Balaban J connectivity index is 2.78. The van der Waals surface area contributed by atoms with Crippen molar-refractivity contribution in [2.24, 2.45) is 5.92 Å². The second-order valence-corrected chi connectivity index (χ2v) is 7.69. The topological polar surface area (TPSA) is 157 Å². The van der Waals surface area contributed by atoms with Crippen LogP contribution in [-0.4, -0.2) is 76.5 Å². The van der Waals surface area contributed by atoms with E-state index >= 15 is 0 Å². The molecular weight excluding hydrogens is 400 g/mol. The second kappa shape index (κ2) is 12.0. The van der Waals surface area contributed by atoms with Crippen LogP contribution in [-0.2, 0) is 19.2 Å². The minimum atomic E-state index is -1.38. The lowest BCUT2D eigenvalue weighted by molar-refractivity contribution is -0.144. The Morgan fingerprint density at radius 1 is 1.10 bits per heavy atom.